The zero-order chi connectivity index (χ0) is 42.4. The fraction of sp³-hybridized carbons (Fsp3) is 0.950. The normalized spacial score (nSPS) is 47.6. The Bertz CT molecular complexity index is 1250. The first-order valence-electron chi connectivity index (χ1n) is 20.6. The molecule has 18 atom stereocenters. The van der Waals surface area contributed by atoms with E-state index in [2.05, 4.69) is 16.0 Å². The predicted octanol–water partition coefficient (Wildman–Crippen LogP) is 1.11. The Morgan fingerprint density at radius 1 is 0.982 bits per heavy atom. The van der Waals surface area contributed by atoms with Crippen LogP contribution in [-0.2, 0) is 38.0 Å². The SMILES string of the molecule is CCCNC[C@]1(O)[C@H](C)O[C@@H](O[C@H]2[C@H](C)[C@@H](O[C@@H]3O[C@H](C)C[C@H](NC=O)[C@H]3O)[C@](C)(O)C[C@@H](C)CN[C@H](C)[C@@H](O)[C@](C)(O)[C@@H](CC)OC(=O)[C@@H]2C)C[C@@]1(C)OC. The van der Waals surface area contributed by atoms with E-state index in [1.165, 1.54) is 14.0 Å². The number of aliphatic hydroxyl groups excluding tert-OH is 2. The van der Waals surface area contributed by atoms with Crippen molar-refractivity contribution in [2.24, 2.45) is 17.8 Å². The fourth-order valence-corrected chi connectivity index (χ4v) is 8.97. The highest BCUT2D eigenvalue weighted by Gasteiger charge is 2.58. The van der Waals surface area contributed by atoms with Gasteiger partial charge in [-0.3, -0.25) is 9.59 Å². The Balaban J connectivity index is 2.16. The zero-order valence-corrected chi connectivity index (χ0v) is 35.8. The first kappa shape index (κ1) is 48.8. The molecule has 0 aromatic heterocycles. The summed E-state index contributed by atoms with van der Waals surface area (Å²) in [7, 11) is 1.51. The van der Waals surface area contributed by atoms with Crippen molar-refractivity contribution in [3.63, 3.8) is 0 Å². The van der Waals surface area contributed by atoms with Crippen LogP contribution in [0, 0.1) is 17.8 Å². The van der Waals surface area contributed by atoms with Crippen molar-refractivity contribution in [1.82, 2.24) is 16.0 Å². The van der Waals surface area contributed by atoms with Gasteiger partial charge in [-0.1, -0.05) is 27.7 Å². The van der Waals surface area contributed by atoms with Gasteiger partial charge in [0.1, 0.15) is 35.1 Å². The number of carbonyl (C=O) groups excluding carboxylic acids is 2. The van der Waals surface area contributed by atoms with Gasteiger partial charge in [-0.15, -0.1) is 0 Å². The van der Waals surface area contributed by atoms with Crippen LogP contribution in [0.4, 0.5) is 0 Å². The number of carbonyl (C=O) groups is 2. The number of methoxy groups -OCH3 is 1. The molecular formula is C40H75N3O13. The maximum atomic E-state index is 14.3. The van der Waals surface area contributed by atoms with E-state index in [9.17, 15) is 35.1 Å². The van der Waals surface area contributed by atoms with Gasteiger partial charge in [0, 0.05) is 32.0 Å². The Morgan fingerprint density at radius 2 is 1.64 bits per heavy atom. The van der Waals surface area contributed by atoms with Gasteiger partial charge in [-0.25, -0.2) is 0 Å². The molecule has 3 aliphatic heterocycles. The van der Waals surface area contributed by atoms with Gasteiger partial charge in [-0.05, 0) is 93.2 Å². The summed E-state index contributed by atoms with van der Waals surface area (Å²) in [5.74, 6) is -2.87. The molecule has 1 amide bonds. The van der Waals surface area contributed by atoms with Crippen LogP contribution in [0.3, 0.4) is 0 Å². The van der Waals surface area contributed by atoms with E-state index >= 15 is 0 Å². The quantitative estimate of drug-likeness (QED) is 0.0786. The summed E-state index contributed by atoms with van der Waals surface area (Å²) in [6.07, 6.45) is -7.40. The number of aliphatic hydroxyl groups is 5. The molecule has 3 rings (SSSR count). The summed E-state index contributed by atoms with van der Waals surface area (Å²) in [4.78, 5) is 25.7. The van der Waals surface area contributed by atoms with Crippen molar-refractivity contribution in [1.29, 1.82) is 0 Å². The van der Waals surface area contributed by atoms with E-state index in [1.807, 2.05) is 13.8 Å². The highest BCUT2D eigenvalue weighted by molar-refractivity contribution is 5.73. The van der Waals surface area contributed by atoms with Gasteiger partial charge >= 0.3 is 5.97 Å². The fourth-order valence-electron chi connectivity index (χ4n) is 8.97. The molecule has 3 heterocycles. The van der Waals surface area contributed by atoms with Gasteiger partial charge in [0.05, 0.1) is 42.0 Å². The molecule has 0 radical (unpaired) electrons. The molecule has 0 spiro atoms. The molecule has 0 aliphatic carbocycles. The minimum atomic E-state index is -1.84. The van der Waals surface area contributed by atoms with Gasteiger partial charge in [-0.2, -0.15) is 0 Å². The summed E-state index contributed by atoms with van der Waals surface area (Å²) >= 11 is 0. The van der Waals surface area contributed by atoms with Crippen molar-refractivity contribution in [3.05, 3.63) is 0 Å². The maximum absolute atomic E-state index is 14.3. The van der Waals surface area contributed by atoms with E-state index in [-0.39, 0.29) is 31.7 Å². The van der Waals surface area contributed by atoms with Crippen LogP contribution in [0.25, 0.3) is 0 Å². The number of esters is 1. The van der Waals surface area contributed by atoms with Crippen molar-refractivity contribution in [3.8, 4) is 0 Å². The predicted molar refractivity (Wildman–Crippen MR) is 207 cm³/mol. The summed E-state index contributed by atoms with van der Waals surface area (Å²) in [5, 5.41) is 68.0. The molecule has 0 aromatic rings. The molecule has 16 nitrogen and oxygen atoms in total. The Labute approximate surface area is 334 Å². The molecule has 56 heavy (non-hydrogen) atoms. The zero-order valence-electron chi connectivity index (χ0n) is 35.8. The Morgan fingerprint density at radius 3 is 2.23 bits per heavy atom. The lowest BCUT2D eigenvalue weighted by Crippen LogP contribution is -2.70. The molecule has 3 saturated heterocycles. The largest absolute Gasteiger partial charge is 0.459 e. The molecule has 3 aliphatic rings. The summed E-state index contributed by atoms with van der Waals surface area (Å²) in [6.45, 7) is 20.4. The van der Waals surface area contributed by atoms with Gasteiger partial charge in [0.2, 0.25) is 6.41 Å². The second kappa shape index (κ2) is 20.1. The highest BCUT2D eigenvalue weighted by Crippen LogP contribution is 2.43. The van der Waals surface area contributed by atoms with Crippen LogP contribution in [0.5, 0.6) is 0 Å². The smallest absolute Gasteiger partial charge is 0.311 e. The van der Waals surface area contributed by atoms with Crippen molar-refractivity contribution >= 4 is 12.4 Å². The lowest BCUT2D eigenvalue weighted by atomic mass is 9.75. The summed E-state index contributed by atoms with van der Waals surface area (Å²) in [6, 6.07) is -1.31. The third-order valence-corrected chi connectivity index (χ3v) is 12.7. The lowest BCUT2D eigenvalue weighted by molar-refractivity contribution is -0.335. The molecular weight excluding hydrogens is 730 g/mol. The Hall–Kier alpha value is -1.54. The van der Waals surface area contributed by atoms with E-state index < -0.39 is 108 Å². The number of amides is 1. The summed E-state index contributed by atoms with van der Waals surface area (Å²) in [5.41, 5.74) is -6.10. The number of hydrogen-bond acceptors (Lipinski definition) is 15. The minimum absolute atomic E-state index is 0.0607. The number of ether oxygens (including phenoxy) is 6. The van der Waals surface area contributed by atoms with Crippen LogP contribution in [0.2, 0.25) is 0 Å². The van der Waals surface area contributed by atoms with Gasteiger partial charge in [0.25, 0.3) is 0 Å². The molecule has 8 N–H and O–H groups in total. The Kier molecular flexibility index (Phi) is 17.6. The van der Waals surface area contributed by atoms with Crippen LogP contribution < -0.4 is 16.0 Å². The number of hydrogen-bond donors (Lipinski definition) is 8. The molecule has 3 fully saturated rings. The average molecular weight is 806 g/mol. The molecule has 0 bridgehead atoms. The van der Waals surface area contributed by atoms with Crippen LogP contribution in [0.15, 0.2) is 0 Å². The maximum Gasteiger partial charge on any atom is 0.311 e. The third kappa shape index (κ3) is 11.0. The molecule has 16 heteroatoms. The minimum Gasteiger partial charge on any atom is -0.459 e. The standard InChI is InChI=1S/C40H75N3O13/c1-13-15-41-20-40(50)27(8)53-30(18-38(40,10)51-12)55-32-24(5)34(56-36-31(45)28(43-21-44)16-23(4)52-36)37(9,48)17-22(3)19-42-26(7)33(46)39(11,49)29(14-2)54-35(47)25(32)6/h21-34,36,41-42,45-46,48-50H,13-20H2,1-12H3,(H,43,44)/t22-,23-,24+,25-,26-,27+,28+,29-,30+,31-,32+,33-,34-,36+,37-,38-,39-,40+/m1/s1. The van der Waals surface area contributed by atoms with Crippen LogP contribution in [-0.4, -0.2) is 154 Å². The lowest BCUT2D eigenvalue weighted by Gasteiger charge is -2.53. The van der Waals surface area contributed by atoms with Crippen molar-refractivity contribution in [2.75, 3.05) is 26.7 Å². The van der Waals surface area contributed by atoms with Crippen LogP contribution in [0.1, 0.15) is 108 Å². The van der Waals surface area contributed by atoms with E-state index in [0.29, 0.717) is 25.9 Å². The van der Waals surface area contributed by atoms with E-state index in [1.54, 1.807) is 55.4 Å². The average Bonchev–Trinajstić information content (AvgIpc) is 3.13. The van der Waals surface area contributed by atoms with Crippen molar-refractivity contribution in [2.45, 2.75) is 198 Å². The first-order chi connectivity index (χ1) is 26.0. The van der Waals surface area contributed by atoms with Crippen molar-refractivity contribution < 1.29 is 63.5 Å². The summed E-state index contributed by atoms with van der Waals surface area (Å²) < 4.78 is 37.9. The monoisotopic (exact) mass is 806 g/mol. The second-order valence-corrected chi connectivity index (χ2v) is 17.6. The first-order valence-corrected chi connectivity index (χ1v) is 20.6. The number of nitrogens with one attached hydrogen (secondary N) is 3. The van der Waals surface area contributed by atoms with E-state index in [4.69, 9.17) is 28.4 Å². The molecule has 328 valence electrons. The van der Waals surface area contributed by atoms with Gasteiger partial charge in [0.15, 0.2) is 12.6 Å². The molecule has 0 aromatic carbocycles. The molecule has 0 unspecified atom stereocenters. The molecule has 0 saturated carbocycles. The van der Waals surface area contributed by atoms with Gasteiger partial charge < -0.3 is 69.9 Å². The number of rotatable bonds is 12. The second-order valence-electron chi connectivity index (χ2n) is 17.6. The van der Waals surface area contributed by atoms with Crippen LogP contribution >= 0.6 is 0 Å². The van der Waals surface area contributed by atoms with E-state index in [0.717, 1.165) is 6.42 Å². The number of cyclic esters (lactones) is 1. The topological polar surface area (TPSA) is 227 Å². The highest BCUT2D eigenvalue weighted by atomic mass is 16.7. The third-order valence-electron chi connectivity index (χ3n) is 12.7.